The van der Waals surface area contributed by atoms with E-state index in [1.165, 1.54) is 0 Å². The fourth-order valence-electron chi connectivity index (χ4n) is 2.44. The SMILES string of the molecule is O=C(N/N=C\c1ccc[nH]1)C(c1ccccc1)c1ccccc1. The van der Waals surface area contributed by atoms with Crippen molar-refractivity contribution in [1.29, 1.82) is 0 Å². The monoisotopic (exact) mass is 303 g/mol. The zero-order chi connectivity index (χ0) is 15.9. The van der Waals surface area contributed by atoms with E-state index in [2.05, 4.69) is 15.5 Å². The second-order valence-electron chi connectivity index (χ2n) is 5.11. The first-order valence-electron chi connectivity index (χ1n) is 7.41. The highest BCUT2D eigenvalue weighted by Crippen LogP contribution is 2.24. The molecule has 0 unspecified atom stereocenters. The summed E-state index contributed by atoms with van der Waals surface area (Å²) in [5.74, 6) is -0.552. The van der Waals surface area contributed by atoms with Crippen LogP contribution in [0.3, 0.4) is 0 Å². The van der Waals surface area contributed by atoms with Crippen molar-refractivity contribution in [1.82, 2.24) is 10.4 Å². The Morgan fingerprint density at radius 2 is 1.52 bits per heavy atom. The number of hydrogen-bond acceptors (Lipinski definition) is 2. The van der Waals surface area contributed by atoms with Crippen molar-refractivity contribution in [2.45, 2.75) is 5.92 Å². The summed E-state index contributed by atoms with van der Waals surface area (Å²) in [6.07, 6.45) is 3.39. The fraction of sp³-hybridized carbons (Fsp3) is 0.0526. The average Bonchev–Trinajstić information content (AvgIpc) is 3.10. The van der Waals surface area contributed by atoms with Crippen molar-refractivity contribution >= 4 is 12.1 Å². The lowest BCUT2D eigenvalue weighted by Gasteiger charge is -2.16. The predicted octanol–water partition coefficient (Wildman–Crippen LogP) is 3.30. The molecule has 0 spiro atoms. The third-order valence-corrected chi connectivity index (χ3v) is 3.53. The minimum atomic E-state index is -0.391. The lowest BCUT2D eigenvalue weighted by Crippen LogP contribution is -2.26. The molecule has 0 aliphatic rings. The second kappa shape index (κ2) is 7.22. The van der Waals surface area contributed by atoms with Crippen LogP contribution in [0, 0.1) is 0 Å². The number of carbonyl (C=O) groups is 1. The van der Waals surface area contributed by atoms with Gasteiger partial charge in [-0.1, -0.05) is 60.7 Å². The van der Waals surface area contributed by atoms with Gasteiger partial charge < -0.3 is 4.98 Å². The third-order valence-electron chi connectivity index (χ3n) is 3.53. The summed E-state index contributed by atoms with van der Waals surface area (Å²) < 4.78 is 0. The molecule has 4 heteroatoms. The van der Waals surface area contributed by atoms with Gasteiger partial charge in [-0.2, -0.15) is 5.10 Å². The van der Waals surface area contributed by atoms with Crippen LogP contribution in [0.25, 0.3) is 0 Å². The van der Waals surface area contributed by atoms with Crippen molar-refractivity contribution in [3.05, 3.63) is 95.8 Å². The van der Waals surface area contributed by atoms with Gasteiger partial charge in [0.15, 0.2) is 0 Å². The normalized spacial score (nSPS) is 11.0. The zero-order valence-electron chi connectivity index (χ0n) is 12.5. The van der Waals surface area contributed by atoms with Gasteiger partial charge in [0.05, 0.1) is 17.8 Å². The summed E-state index contributed by atoms with van der Waals surface area (Å²) in [5, 5.41) is 4.03. The molecule has 114 valence electrons. The number of carbonyl (C=O) groups excluding carboxylic acids is 1. The molecule has 0 fully saturated rings. The van der Waals surface area contributed by atoms with Gasteiger partial charge in [-0.05, 0) is 23.3 Å². The summed E-state index contributed by atoms with van der Waals surface area (Å²) >= 11 is 0. The van der Waals surface area contributed by atoms with Crippen LogP contribution in [-0.2, 0) is 4.79 Å². The van der Waals surface area contributed by atoms with Gasteiger partial charge in [0.2, 0.25) is 0 Å². The lowest BCUT2D eigenvalue weighted by molar-refractivity contribution is -0.121. The first-order valence-corrected chi connectivity index (χ1v) is 7.41. The largest absolute Gasteiger partial charge is 0.360 e. The van der Waals surface area contributed by atoms with Crippen molar-refractivity contribution in [2.75, 3.05) is 0 Å². The molecule has 0 radical (unpaired) electrons. The number of aromatic amines is 1. The molecular formula is C19H17N3O. The summed E-state index contributed by atoms with van der Waals surface area (Å²) in [5.41, 5.74) is 5.34. The predicted molar refractivity (Wildman–Crippen MR) is 91.3 cm³/mol. The molecule has 0 saturated carbocycles. The van der Waals surface area contributed by atoms with Crippen LogP contribution in [0.1, 0.15) is 22.7 Å². The van der Waals surface area contributed by atoms with E-state index in [0.29, 0.717) is 0 Å². The minimum absolute atomic E-state index is 0.162. The van der Waals surface area contributed by atoms with E-state index >= 15 is 0 Å². The molecule has 1 aromatic heterocycles. The Morgan fingerprint density at radius 3 is 2.04 bits per heavy atom. The first kappa shape index (κ1) is 14.8. The van der Waals surface area contributed by atoms with Gasteiger partial charge in [0.1, 0.15) is 0 Å². The van der Waals surface area contributed by atoms with E-state index in [-0.39, 0.29) is 5.91 Å². The Labute approximate surface area is 134 Å². The van der Waals surface area contributed by atoms with Gasteiger partial charge in [-0.25, -0.2) is 5.43 Å². The van der Waals surface area contributed by atoms with E-state index in [1.807, 2.05) is 72.8 Å². The van der Waals surface area contributed by atoms with Crippen LogP contribution in [0.4, 0.5) is 0 Å². The van der Waals surface area contributed by atoms with Crippen molar-refractivity contribution in [3.63, 3.8) is 0 Å². The van der Waals surface area contributed by atoms with Crippen molar-refractivity contribution in [3.8, 4) is 0 Å². The highest BCUT2D eigenvalue weighted by molar-refractivity contribution is 5.88. The van der Waals surface area contributed by atoms with Crippen LogP contribution < -0.4 is 5.43 Å². The summed E-state index contributed by atoms with van der Waals surface area (Å²) in [7, 11) is 0. The smallest absolute Gasteiger partial charge is 0.252 e. The van der Waals surface area contributed by atoms with E-state index in [0.717, 1.165) is 16.8 Å². The Bertz CT molecular complexity index is 725. The molecule has 1 amide bonds. The molecule has 0 aliphatic carbocycles. The standard InChI is InChI=1S/C19H17N3O/c23-19(22-21-14-17-12-7-13-20-17)18(15-8-3-1-4-9-15)16-10-5-2-6-11-16/h1-14,18,20H,(H,22,23)/b21-14-. The summed E-state index contributed by atoms with van der Waals surface area (Å²) in [6.45, 7) is 0. The van der Waals surface area contributed by atoms with Crippen LogP contribution in [0.5, 0.6) is 0 Å². The number of hydrazone groups is 1. The molecule has 23 heavy (non-hydrogen) atoms. The Morgan fingerprint density at radius 1 is 0.913 bits per heavy atom. The molecule has 0 bridgehead atoms. The highest BCUT2D eigenvalue weighted by Gasteiger charge is 2.22. The third kappa shape index (κ3) is 3.74. The Balaban J connectivity index is 1.82. The van der Waals surface area contributed by atoms with Crippen molar-refractivity contribution < 1.29 is 4.79 Å². The molecule has 0 aliphatic heterocycles. The number of amides is 1. The topological polar surface area (TPSA) is 57.2 Å². The maximum absolute atomic E-state index is 12.6. The Hall–Kier alpha value is -3.14. The number of rotatable bonds is 5. The summed E-state index contributed by atoms with van der Waals surface area (Å²) in [6, 6.07) is 23.2. The van der Waals surface area contributed by atoms with E-state index in [4.69, 9.17) is 0 Å². The minimum Gasteiger partial charge on any atom is -0.360 e. The Kier molecular flexibility index (Phi) is 4.64. The summed E-state index contributed by atoms with van der Waals surface area (Å²) in [4.78, 5) is 15.6. The zero-order valence-corrected chi connectivity index (χ0v) is 12.5. The maximum atomic E-state index is 12.6. The molecule has 1 heterocycles. The van der Waals surface area contributed by atoms with Crippen LogP contribution >= 0.6 is 0 Å². The van der Waals surface area contributed by atoms with Gasteiger partial charge >= 0.3 is 0 Å². The van der Waals surface area contributed by atoms with Crippen LogP contribution in [0.2, 0.25) is 0 Å². The molecule has 0 atom stereocenters. The number of benzene rings is 2. The van der Waals surface area contributed by atoms with Gasteiger partial charge in [-0.3, -0.25) is 4.79 Å². The molecule has 3 rings (SSSR count). The van der Waals surface area contributed by atoms with Crippen LogP contribution in [0.15, 0.2) is 84.1 Å². The van der Waals surface area contributed by atoms with Crippen molar-refractivity contribution in [2.24, 2.45) is 5.10 Å². The maximum Gasteiger partial charge on any atom is 0.252 e. The van der Waals surface area contributed by atoms with Gasteiger partial charge in [0, 0.05) is 6.20 Å². The van der Waals surface area contributed by atoms with E-state index in [9.17, 15) is 4.79 Å². The number of nitrogens with zero attached hydrogens (tertiary/aromatic N) is 1. The first-order chi connectivity index (χ1) is 11.3. The van der Waals surface area contributed by atoms with Crippen LogP contribution in [-0.4, -0.2) is 17.1 Å². The quantitative estimate of drug-likeness (QED) is 0.551. The average molecular weight is 303 g/mol. The molecule has 2 N–H and O–H groups in total. The fourth-order valence-corrected chi connectivity index (χ4v) is 2.44. The number of hydrogen-bond donors (Lipinski definition) is 2. The number of aromatic nitrogens is 1. The molecule has 0 saturated heterocycles. The second-order valence-corrected chi connectivity index (χ2v) is 5.11. The highest BCUT2D eigenvalue weighted by atomic mass is 16.2. The van der Waals surface area contributed by atoms with E-state index < -0.39 is 5.92 Å². The number of H-pyrrole nitrogens is 1. The molecule has 2 aromatic carbocycles. The van der Waals surface area contributed by atoms with Gasteiger partial charge in [0.25, 0.3) is 5.91 Å². The molecule has 4 nitrogen and oxygen atoms in total. The van der Waals surface area contributed by atoms with Gasteiger partial charge in [-0.15, -0.1) is 0 Å². The number of nitrogens with one attached hydrogen (secondary N) is 2. The lowest BCUT2D eigenvalue weighted by atomic mass is 9.91. The molecular weight excluding hydrogens is 286 g/mol. The van der Waals surface area contributed by atoms with E-state index in [1.54, 1.807) is 12.4 Å². The molecule has 3 aromatic rings.